The van der Waals surface area contributed by atoms with Gasteiger partial charge in [-0.3, -0.25) is 10.1 Å². The van der Waals surface area contributed by atoms with Crippen LogP contribution in [0.15, 0.2) is 41.3 Å². The van der Waals surface area contributed by atoms with E-state index in [-0.39, 0.29) is 16.3 Å². The van der Waals surface area contributed by atoms with Crippen LogP contribution in [0.1, 0.15) is 5.56 Å². The monoisotopic (exact) mass is 342 g/mol. The molecule has 2 aromatic carbocycles. The van der Waals surface area contributed by atoms with Gasteiger partial charge in [0.15, 0.2) is 0 Å². The second kappa shape index (κ2) is 5.82. The van der Waals surface area contributed by atoms with Crippen molar-refractivity contribution in [3.63, 3.8) is 0 Å². The number of nitro groups is 1. The maximum Gasteiger partial charge on any atom is 0.339 e. The summed E-state index contributed by atoms with van der Waals surface area (Å²) in [4.78, 5) is 9.70. The van der Waals surface area contributed by atoms with Crippen molar-refractivity contribution in [1.82, 2.24) is 0 Å². The lowest BCUT2D eigenvalue weighted by Gasteiger charge is -2.10. The maximum atomic E-state index is 12.2. The third kappa shape index (κ3) is 3.29. The van der Waals surface area contributed by atoms with Gasteiger partial charge in [0.05, 0.1) is 4.92 Å². The highest BCUT2D eigenvalue weighted by Crippen LogP contribution is 2.29. The number of aryl methyl sites for hydroxylation is 1. The second-order valence-electron chi connectivity index (χ2n) is 4.43. The largest absolute Gasteiger partial charge is 0.393 e. The molecule has 0 aliphatic rings. The lowest BCUT2D eigenvalue weighted by Crippen LogP contribution is -2.11. The third-order valence-electron chi connectivity index (χ3n) is 2.84. The van der Waals surface area contributed by atoms with Crippen LogP contribution in [0.2, 0.25) is 5.02 Å². The molecular formula is C13H11ClN2O5S. The maximum absolute atomic E-state index is 12.2. The molecule has 2 rings (SSSR count). The zero-order chi connectivity index (χ0) is 16.5. The number of nitrogen functional groups attached to an aromatic ring is 1. The summed E-state index contributed by atoms with van der Waals surface area (Å²) < 4.78 is 29.4. The highest BCUT2D eigenvalue weighted by Gasteiger charge is 2.22. The van der Waals surface area contributed by atoms with E-state index < -0.39 is 20.7 Å². The molecule has 0 atom stereocenters. The van der Waals surface area contributed by atoms with Gasteiger partial charge in [0.2, 0.25) is 0 Å². The van der Waals surface area contributed by atoms with Gasteiger partial charge in [-0.25, -0.2) is 0 Å². The number of rotatable bonds is 4. The Hall–Kier alpha value is -2.32. The Bertz CT molecular complexity index is 852. The Morgan fingerprint density at radius 2 is 1.91 bits per heavy atom. The van der Waals surface area contributed by atoms with Crippen molar-refractivity contribution >= 4 is 33.1 Å². The van der Waals surface area contributed by atoms with Crippen molar-refractivity contribution in [3.8, 4) is 5.75 Å². The minimum absolute atomic E-state index is 0.0481. The molecule has 2 N–H and O–H groups in total. The first kappa shape index (κ1) is 16.1. The predicted molar refractivity (Wildman–Crippen MR) is 81.5 cm³/mol. The van der Waals surface area contributed by atoms with Crippen LogP contribution in [0.5, 0.6) is 5.75 Å². The number of hydrogen-bond acceptors (Lipinski definition) is 6. The Labute approximate surface area is 131 Å². The molecule has 0 heterocycles. The number of nitrogens with zero attached hydrogens (tertiary/aromatic N) is 1. The second-order valence-corrected chi connectivity index (χ2v) is 6.41. The highest BCUT2D eigenvalue weighted by atomic mass is 35.5. The summed E-state index contributed by atoms with van der Waals surface area (Å²) in [6.07, 6.45) is 0. The van der Waals surface area contributed by atoms with Gasteiger partial charge in [-0.1, -0.05) is 17.7 Å². The van der Waals surface area contributed by atoms with Gasteiger partial charge in [0.25, 0.3) is 5.69 Å². The lowest BCUT2D eigenvalue weighted by atomic mass is 10.2. The van der Waals surface area contributed by atoms with Gasteiger partial charge >= 0.3 is 10.1 Å². The van der Waals surface area contributed by atoms with E-state index in [1.165, 1.54) is 6.07 Å². The minimum atomic E-state index is -4.24. The van der Waals surface area contributed by atoms with Gasteiger partial charge in [-0.15, -0.1) is 0 Å². The van der Waals surface area contributed by atoms with E-state index in [1.807, 2.05) is 0 Å². The quantitative estimate of drug-likeness (QED) is 0.395. The van der Waals surface area contributed by atoms with E-state index in [4.69, 9.17) is 21.5 Å². The van der Waals surface area contributed by atoms with Gasteiger partial charge in [0.1, 0.15) is 16.3 Å². The van der Waals surface area contributed by atoms with Crippen LogP contribution < -0.4 is 9.92 Å². The average Bonchev–Trinajstić information content (AvgIpc) is 2.42. The summed E-state index contributed by atoms with van der Waals surface area (Å²) in [5.41, 5.74) is 5.35. The topological polar surface area (TPSA) is 113 Å². The summed E-state index contributed by atoms with van der Waals surface area (Å²) in [5.74, 6) is 0.0481. The Balaban J connectivity index is 2.45. The number of benzene rings is 2. The molecule has 22 heavy (non-hydrogen) atoms. The smallest absolute Gasteiger partial charge is 0.339 e. The molecule has 9 heteroatoms. The van der Waals surface area contributed by atoms with Crippen LogP contribution in [0, 0.1) is 17.0 Å². The Morgan fingerprint density at radius 1 is 1.23 bits per heavy atom. The van der Waals surface area contributed by atoms with E-state index in [2.05, 4.69) is 0 Å². The molecule has 0 fully saturated rings. The molecule has 0 saturated heterocycles. The zero-order valence-corrected chi connectivity index (χ0v) is 12.9. The molecule has 0 aliphatic carbocycles. The minimum Gasteiger partial charge on any atom is -0.393 e. The molecule has 0 radical (unpaired) electrons. The van der Waals surface area contributed by atoms with Gasteiger partial charge < -0.3 is 9.92 Å². The van der Waals surface area contributed by atoms with Crippen molar-refractivity contribution in [1.29, 1.82) is 0 Å². The first-order chi connectivity index (χ1) is 10.2. The van der Waals surface area contributed by atoms with E-state index >= 15 is 0 Å². The summed E-state index contributed by atoms with van der Waals surface area (Å²) >= 11 is 5.80. The van der Waals surface area contributed by atoms with Crippen LogP contribution in [-0.2, 0) is 10.1 Å². The third-order valence-corrected chi connectivity index (χ3v) is 4.30. The lowest BCUT2D eigenvalue weighted by molar-refractivity contribution is -0.384. The molecule has 0 spiro atoms. The van der Waals surface area contributed by atoms with Crippen molar-refractivity contribution in [2.24, 2.45) is 0 Å². The van der Waals surface area contributed by atoms with E-state index in [0.717, 1.165) is 18.2 Å². The van der Waals surface area contributed by atoms with Crippen LogP contribution in [-0.4, -0.2) is 13.3 Å². The van der Waals surface area contributed by atoms with E-state index in [0.29, 0.717) is 10.6 Å². The summed E-state index contributed by atoms with van der Waals surface area (Å²) in [6, 6.07) is 7.66. The summed E-state index contributed by atoms with van der Waals surface area (Å²) in [5, 5.41) is 11.1. The molecule has 0 aliphatic heterocycles. The Morgan fingerprint density at radius 3 is 2.55 bits per heavy atom. The van der Waals surface area contributed by atoms with Gasteiger partial charge in [0, 0.05) is 17.2 Å². The number of halogens is 1. The molecule has 2 aromatic rings. The van der Waals surface area contributed by atoms with E-state index in [9.17, 15) is 18.5 Å². The molecular weight excluding hydrogens is 332 g/mol. The number of nitrogens with two attached hydrogens (primary N) is 1. The molecule has 0 aromatic heterocycles. The first-order valence-corrected chi connectivity index (χ1v) is 7.74. The number of nitro benzene ring substituents is 1. The van der Waals surface area contributed by atoms with Gasteiger partial charge in [-0.05, 0) is 30.7 Å². The summed E-state index contributed by atoms with van der Waals surface area (Å²) in [7, 11) is -4.24. The summed E-state index contributed by atoms with van der Waals surface area (Å²) in [6.45, 7) is 1.65. The fourth-order valence-electron chi connectivity index (χ4n) is 1.67. The van der Waals surface area contributed by atoms with Crippen molar-refractivity contribution in [2.45, 2.75) is 11.8 Å². The Kier molecular flexibility index (Phi) is 4.25. The molecule has 0 amide bonds. The number of hydrogen-bond donors (Lipinski definition) is 1. The van der Waals surface area contributed by atoms with Crippen molar-refractivity contribution < 1.29 is 17.5 Å². The first-order valence-electron chi connectivity index (χ1n) is 5.95. The average molecular weight is 343 g/mol. The fraction of sp³-hybridized carbons (Fsp3) is 0.0769. The fourth-order valence-corrected chi connectivity index (χ4v) is 2.83. The molecule has 7 nitrogen and oxygen atoms in total. The zero-order valence-electron chi connectivity index (χ0n) is 11.3. The van der Waals surface area contributed by atoms with Crippen molar-refractivity contribution in [3.05, 3.63) is 57.1 Å². The predicted octanol–water partition coefficient (Wildman–Crippen LogP) is 2.91. The molecule has 0 unspecified atom stereocenters. The standard InChI is InChI=1S/C13H11ClN2O5S/c1-8-2-3-9(14)6-13(8)21-22(19,20)10-4-5-11(15)12(7-10)16(17)18/h2-7H,15H2,1H3. The normalized spacial score (nSPS) is 11.2. The molecule has 0 bridgehead atoms. The highest BCUT2D eigenvalue weighted by molar-refractivity contribution is 7.87. The van der Waals surface area contributed by atoms with Crippen LogP contribution in [0.4, 0.5) is 11.4 Å². The van der Waals surface area contributed by atoms with Crippen molar-refractivity contribution in [2.75, 3.05) is 5.73 Å². The van der Waals surface area contributed by atoms with Crippen LogP contribution in [0.3, 0.4) is 0 Å². The molecule has 0 saturated carbocycles. The number of anilines is 1. The SMILES string of the molecule is Cc1ccc(Cl)cc1OS(=O)(=O)c1ccc(N)c([N+](=O)[O-])c1. The van der Waals surface area contributed by atoms with E-state index in [1.54, 1.807) is 19.1 Å². The van der Waals surface area contributed by atoms with Gasteiger partial charge in [-0.2, -0.15) is 8.42 Å². The molecule has 116 valence electrons. The van der Waals surface area contributed by atoms with Crippen LogP contribution in [0.25, 0.3) is 0 Å². The van der Waals surface area contributed by atoms with Crippen LogP contribution >= 0.6 is 11.6 Å².